The molecule has 0 bridgehead atoms. The Kier molecular flexibility index (Phi) is 5.99. The molecule has 1 amide bonds. The highest BCUT2D eigenvalue weighted by atomic mass is 32.2. The Morgan fingerprint density at radius 1 is 1.20 bits per heavy atom. The molecule has 0 aliphatic carbocycles. The second-order valence-electron chi connectivity index (χ2n) is 5.97. The maximum atomic E-state index is 12.4. The fourth-order valence-corrected chi connectivity index (χ4v) is 3.13. The lowest BCUT2D eigenvalue weighted by Gasteiger charge is -2.23. The van der Waals surface area contributed by atoms with Crippen molar-refractivity contribution < 1.29 is 17.6 Å². The number of anilines is 1. The molecule has 1 N–H and O–H groups in total. The van der Waals surface area contributed by atoms with E-state index in [2.05, 4.69) is 5.32 Å². The number of likely N-dealkylation sites (N-methyl/N-ethyl adjacent to an activating group) is 1. The van der Waals surface area contributed by atoms with E-state index in [0.29, 0.717) is 12.2 Å². The minimum Gasteiger partial charge on any atom is -0.468 e. The van der Waals surface area contributed by atoms with Crippen molar-refractivity contribution in [2.45, 2.75) is 24.4 Å². The Hall–Kier alpha value is -2.16. The fraction of sp³-hybridized carbons (Fsp3) is 0.353. The standard InChI is InChI=1S/C17H23N3O4S/c1-13(20(4)12-15-8-6-10-24-15)17(21)18-14-7-5-9-16(11-14)25(22,23)19(2)3/h5-11,13H,12H2,1-4H3,(H,18,21). The number of sulfonamides is 1. The lowest BCUT2D eigenvalue weighted by Crippen LogP contribution is -2.39. The summed E-state index contributed by atoms with van der Waals surface area (Å²) in [6.07, 6.45) is 1.59. The maximum absolute atomic E-state index is 12.4. The number of rotatable bonds is 7. The average molecular weight is 365 g/mol. The van der Waals surface area contributed by atoms with Crippen molar-refractivity contribution in [2.75, 3.05) is 26.5 Å². The maximum Gasteiger partial charge on any atom is 0.242 e. The number of amides is 1. The smallest absolute Gasteiger partial charge is 0.242 e. The molecule has 0 spiro atoms. The van der Waals surface area contributed by atoms with Gasteiger partial charge in [-0.3, -0.25) is 9.69 Å². The highest BCUT2D eigenvalue weighted by Gasteiger charge is 2.21. The summed E-state index contributed by atoms with van der Waals surface area (Å²) >= 11 is 0. The van der Waals surface area contributed by atoms with E-state index >= 15 is 0 Å². The molecule has 1 aromatic carbocycles. The van der Waals surface area contributed by atoms with E-state index in [4.69, 9.17) is 4.42 Å². The van der Waals surface area contributed by atoms with E-state index in [1.54, 1.807) is 31.4 Å². The topological polar surface area (TPSA) is 82.9 Å². The van der Waals surface area contributed by atoms with E-state index in [0.717, 1.165) is 10.1 Å². The molecule has 0 saturated heterocycles. The van der Waals surface area contributed by atoms with E-state index in [9.17, 15) is 13.2 Å². The van der Waals surface area contributed by atoms with Gasteiger partial charge >= 0.3 is 0 Å². The lowest BCUT2D eigenvalue weighted by atomic mass is 10.2. The minimum atomic E-state index is -3.55. The Morgan fingerprint density at radius 3 is 2.52 bits per heavy atom. The van der Waals surface area contributed by atoms with Crippen molar-refractivity contribution in [1.82, 2.24) is 9.21 Å². The summed E-state index contributed by atoms with van der Waals surface area (Å²) in [7, 11) is 1.20. The van der Waals surface area contributed by atoms with Crippen LogP contribution < -0.4 is 5.32 Å². The summed E-state index contributed by atoms with van der Waals surface area (Å²) in [6.45, 7) is 2.27. The number of carbonyl (C=O) groups excluding carboxylic acids is 1. The molecule has 0 radical (unpaired) electrons. The quantitative estimate of drug-likeness (QED) is 0.811. The molecule has 25 heavy (non-hydrogen) atoms. The first-order valence-electron chi connectivity index (χ1n) is 7.78. The van der Waals surface area contributed by atoms with Crippen LogP contribution in [0.15, 0.2) is 52.0 Å². The SMILES string of the molecule is CC(C(=O)Nc1cccc(S(=O)(=O)N(C)C)c1)N(C)Cc1ccco1. The van der Waals surface area contributed by atoms with Crippen LogP contribution in [0.4, 0.5) is 5.69 Å². The number of hydrogen-bond donors (Lipinski definition) is 1. The fourth-order valence-electron chi connectivity index (χ4n) is 2.18. The van der Waals surface area contributed by atoms with Gasteiger partial charge in [-0.25, -0.2) is 12.7 Å². The molecule has 8 heteroatoms. The molecule has 1 unspecified atom stereocenters. The molecular weight excluding hydrogens is 342 g/mol. The second-order valence-corrected chi connectivity index (χ2v) is 8.13. The summed E-state index contributed by atoms with van der Waals surface area (Å²) in [5.74, 6) is 0.537. The lowest BCUT2D eigenvalue weighted by molar-refractivity contribution is -0.120. The van der Waals surface area contributed by atoms with Crippen molar-refractivity contribution in [3.8, 4) is 0 Å². The van der Waals surface area contributed by atoms with Crippen LogP contribution in [0.25, 0.3) is 0 Å². The van der Waals surface area contributed by atoms with Crippen molar-refractivity contribution in [1.29, 1.82) is 0 Å². The third kappa shape index (κ3) is 4.68. The molecule has 0 saturated carbocycles. The van der Waals surface area contributed by atoms with Crippen LogP contribution in [0, 0.1) is 0 Å². The molecule has 2 aromatic rings. The first kappa shape index (κ1) is 19.2. The summed E-state index contributed by atoms with van der Waals surface area (Å²) in [5.41, 5.74) is 0.436. The Bertz CT molecular complexity index is 816. The van der Waals surface area contributed by atoms with Crippen LogP contribution >= 0.6 is 0 Å². The van der Waals surface area contributed by atoms with Gasteiger partial charge in [0, 0.05) is 19.8 Å². The molecule has 0 aliphatic rings. The van der Waals surface area contributed by atoms with Crippen LogP contribution in [0.1, 0.15) is 12.7 Å². The normalized spacial score (nSPS) is 13.2. The third-order valence-electron chi connectivity index (χ3n) is 3.91. The van der Waals surface area contributed by atoms with Gasteiger partial charge in [0.15, 0.2) is 0 Å². The summed E-state index contributed by atoms with van der Waals surface area (Å²) < 4.78 is 30.8. The monoisotopic (exact) mass is 365 g/mol. The van der Waals surface area contributed by atoms with Gasteiger partial charge in [-0.2, -0.15) is 0 Å². The summed E-state index contributed by atoms with van der Waals surface area (Å²) in [5, 5.41) is 2.76. The van der Waals surface area contributed by atoms with Gasteiger partial charge in [0.25, 0.3) is 0 Å². The van der Waals surface area contributed by atoms with Crippen LogP contribution in [0.2, 0.25) is 0 Å². The van der Waals surface area contributed by atoms with Gasteiger partial charge in [-0.05, 0) is 44.3 Å². The van der Waals surface area contributed by atoms with E-state index in [1.165, 1.54) is 26.2 Å². The number of nitrogens with zero attached hydrogens (tertiary/aromatic N) is 2. The highest BCUT2D eigenvalue weighted by molar-refractivity contribution is 7.89. The zero-order valence-electron chi connectivity index (χ0n) is 14.8. The van der Waals surface area contributed by atoms with Crippen LogP contribution in [0.3, 0.4) is 0 Å². The van der Waals surface area contributed by atoms with Crippen molar-refractivity contribution >= 4 is 21.6 Å². The summed E-state index contributed by atoms with van der Waals surface area (Å²) in [4.78, 5) is 14.4. The molecule has 1 heterocycles. The number of nitrogens with one attached hydrogen (secondary N) is 1. The van der Waals surface area contributed by atoms with Crippen LogP contribution in [0.5, 0.6) is 0 Å². The Morgan fingerprint density at radius 2 is 1.92 bits per heavy atom. The first-order chi connectivity index (χ1) is 11.7. The Labute approximate surface area is 148 Å². The zero-order valence-corrected chi connectivity index (χ0v) is 15.6. The van der Waals surface area contributed by atoms with Crippen LogP contribution in [-0.4, -0.2) is 50.7 Å². The van der Waals surface area contributed by atoms with Gasteiger partial charge in [0.05, 0.1) is 23.7 Å². The molecule has 2 rings (SSSR count). The average Bonchev–Trinajstić information content (AvgIpc) is 3.07. The highest BCUT2D eigenvalue weighted by Crippen LogP contribution is 2.18. The van der Waals surface area contributed by atoms with Gasteiger partial charge in [0.2, 0.25) is 15.9 Å². The van der Waals surface area contributed by atoms with Gasteiger partial charge in [-0.15, -0.1) is 0 Å². The predicted octanol–water partition coefficient (Wildman–Crippen LogP) is 1.99. The zero-order chi connectivity index (χ0) is 18.6. The molecule has 1 atom stereocenters. The van der Waals surface area contributed by atoms with Crippen molar-refractivity contribution in [3.63, 3.8) is 0 Å². The van der Waals surface area contributed by atoms with Gasteiger partial charge in [-0.1, -0.05) is 6.07 Å². The van der Waals surface area contributed by atoms with Crippen molar-refractivity contribution in [2.24, 2.45) is 0 Å². The van der Waals surface area contributed by atoms with Gasteiger partial charge < -0.3 is 9.73 Å². The van der Waals surface area contributed by atoms with Gasteiger partial charge in [0.1, 0.15) is 5.76 Å². The minimum absolute atomic E-state index is 0.131. The number of furan rings is 1. The molecule has 0 fully saturated rings. The number of hydrogen-bond acceptors (Lipinski definition) is 5. The molecular formula is C17H23N3O4S. The molecule has 0 aliphatic heterocycles. The third-order valence-corrected chi connectivity index (χ3v) is 5.72. The van der Waals surface area contributed by atoms with E-state index < -0.39 is 16.1 Å². The second kappa shape index (κ2) is 7.81. The number of carbonyl (C=O) groups is 1. The predicted molar refractivity (Wildman–Crippen MR) is 95.6 cm³/mol. The van der Waals surface area contributed by atoms with E-state index in [-0.39, 0.29) is 10.8 Å². The first-order valence-corrected chi connectivity index (χ1v) is 9.22. The number of benzene rings is 1. The largest absolute Gasteiger partial charge is 0.468 e. The van der Waals surface area contributed by atoms with Crippen molar-refractivity contribution in [3.05, 3.63) is 48.4 Å². The molecule has 136 valence electrons. The van der Waals surface area contributed by atoms with E-state index in [1.807, 2.05) is 18.0 Å². The van der Waals surface area contributed by atoms with Crippen LogP contribution in [-0.2, 0) is 21.4 Å². The Balaban J connectivity index is 2.07. The summed E-state index contributed by atoms with van der Waals surface area (Å²) in [6, 6.07) is 9.43. The molecule has 1 aromatic heterocycles. The molecule has 7 nitrogen and oxygen atoms in total.